The van der Waals surface area contributed by atoms with Gasteiger partial charge in [0.1, 0.15) is 6.10 Å². The first-order chi connectivity index (χ1) is 5.77. The normalized spacial score (nSPS) is 12.6. The standard InChI is InChI=1S/C8H11NO3/c1-12-8-3-2-6(4-9-8)7(11)5-10/h2-4,7,10-11H,5H2,1H3. The van der Waals surface area contributed by atoms with Gasteiger partial charge in [0.05, 0.1) is 13.7 Å². The van der Waals surface area contributed by atoms with Gasteiger partial charge in [0, 0.05) is 17.8 Å². The van der Waals surface area contributed by atoms with Gasteiger partial charge in [0.25, 0.3) is 0 Å². The van der Waals surface area contributed by atoms with E-state index in [1.165, 1.54) is 13.3 Å². The van der Waals surface area contributed by atoms with E-state index >= 15 is 0 Å². The van der Waals surface area contributed by atoms with Crippen LogP contribution in [0.15, 0.2) is 18.3 Å². The zero-order valence-electron chi connectivity index (χ0n) is 6.77. The zero-order valence-corrected chi connectivity index (χ0v) is 6.77. The van der Waals surface area contributed by atoms with Crippen molar-refractivity contribution in [3.05, 3.63) is 23.9 Å². The first-order valence-electron chi connectivity index (χ1n) is 3.56. The predicted octanol–water partition coefficient (Wildman–Crippen LogP) is 0.116. The Balaban J connectivity index is 2.77. The number of aromatic nitrogens is 1. The van der Waals surface area contributed by atoms with Gasteiger partial charge >= 0.3 is 0 Å². The lowest BCUT2D eigenvalue weighted by atomic mass is 10.2. The van der Waals surface area contributed by atoms with Crippen molar-refractivity contribution in [3.8, 4) is 5.88 Å². The molecule has 1 rings (SSSR count). The second-order valence-corrected chi connectivity index (χ2v) is 2.33. The third-order valence-corrected chi connectivity index (χ3v) is 1.53. The summed E-state index contributed by atoms with van der Waals surface area (Å²) in [4.78, 5) is 3.87. The number of pyridine rings is 1. The highest BCUT2D eigenvalue weighted by molar-refractivity contribution is 5.19. The van der Waals surface area contributed by atoms with Crippen LogP contribution >= 0.6 is 0 Å². The van der Waals surface area contributed by atoms with E-state index in [2.05, 4.69) is 4.98 Å². The molecular formula is C8H11NO3. The van der Waals surface area contributed by atoms with E-state index in [1.54, 1.807) is 12.1 Å². The Morgan fingerprint density at radius 3 is 2.75 bits per heavy atom. The summed E-state index contributed by atoms with van der Waals surface area (Å²) in [6.07, 6.45) is 0.614. The smallest absolute Gasteiger partial charge is 0.212 e. The monoisotopic (exact) mass is 169 g/mol. The predicted molar refractivity (Wildman–Crippen MR) is 42.8 cm³/mol. The number of hydrogen-bond acceptors (Lipinski definition) is 4. The Bertz CT molecular complexity index is 235. The summed E-state index contributed by atoms with van der Waals surface area (Å²) in [5.74, 6) is 0.490. The number of ether oxygens (including phenoxy) is 1. The molecule has 0 spiro atoms. The van der Waals surface area contributed by atoms with Gasteiger partial charge in [-0.3, -0.25) is 0 Å². The molecule has 1 unspecified atom stereocenters. The van der Waals surface area contributed by atoms with Crippen molar-refractivity contribution < 1.29 is 14.9 Å². The fourth-order valence-electron chi connectivity index (χ4n) is 0.815. The van der Waals surface area contributed by atoms with E-state index in [9.17, 15) is 0 Å². The lowest BCUT2D eigenvalue weighted by molar-refractivity contribution is 0.0952. The summed E-state index contributed by atoms with van der Waals surface area (Å²) in [5.41, 5.74) is 0.582. The minimum absolute atomic E-state index is 0.298. The third-order valence-electron chi connectivity index (χ3n) is 1.53. The molecule has 2 N–H and O–H groups in total. The van der Waals surface area contributed by atoms with Crippen LogP contribution in [0.3, 0.4) is 0 Å². The number of hydrogen-bond donors (Lipinski definition) is 2. The average Bonchev–Trinajstić information content (AvgIpc) is 2.17. The molecule has 0 aromatic carbocycles. The highest BCUT2D eigenvalue weighted by Crippen LogP contribution is 2.13. The van der Waals surface area contributed by atoms with Gasteiger partial charge in [-0.25, -0.2) is 4.98 Å². The fraction of sp³-hybridized carbons (Fsp3) is 0.375. The summed E-state index contributed by atoms with van der Waals surface area (Å²) in [6, 6.07) is 3.29. The highest BCUT2D eigenvalue weighted by atomic mass is 16.5. The van der Waals surface area contributed by atoms with E-state index in [0.29, 0.717) is 11.4 Å². The molecule has 0 amide bonds. The molecule has 4 nitrogen and oxygen atoms in total. The van der Waals surface area contributed by atoms with E-state index < -0.39 is 6.10 Å². The van der Waals surface area contributed by atoms with Crippen molar-refractivity contribution >= 4 is 0 Å². The largest absolute Gasteiger partial charge is 0.481 e. The molecule has 66 valence electrons. The molecule has 0 aliphatic heterocycles. The van der Waals surface area contributed by atoms with Crippen LogP contribution in [-0.4, -0.2) is 28.9 Å². The van der Waals surface area contributed by atoms with Gasteiger partial charge in [-0.2, -0.15) is 0 Å². The Morgan fingerprint density at radius 1 is 1.58 bits per heavy atom. The molecule has 0 aliphatic carbocycles. The lowest BCUT2D eigenvalue weighted by Gasteiger charge is -2.06. The number of methoxy groups -OCH3 is 1. The van der Waals surface area contributed by atoms with Gasteiger partial charge < -0.3 is 14.9 Å². The second-order valence-electron chi connectivity index (χ2n) is 2.33. The molecular weight excluding hydrogens is 158 g/mol. The maximum absolute atomic E-state index is 9.16. The SMILES string of the molecule is COc1ccc(C(O)CO)cn1. The van der Waals surface area contributed by atoms with Crippen LogP contribution < -0.4 is 4.74 Å². The topological polar surface area (TPSA) is 62.6 Å². The van der Waals surface area contributed by atoms with Crippen molar-refractivity contribution in [1.29, 1.82) is 0 Å². The molecule has 0 radical (unpaired) electrons. The summed E-state index contributed by atoms with van der Waals surface area (Å²) < 4.78 is 4.83. The molecule has 0 saturated heterocycles. The average molecular weight is 169 g/mol. The molecule has 1 aromatic rings. The number of aliphatic hydroxyl groups excluding tert-OH is 2. The first-order valence-corrected chi connectivity index (χ1v) is 3.56. The highest BCUT2D eigenvalue weighted by Gasteiger charge is 2.05. The van der Waals surface area contributed by atoms with Crippen LogP contribution in [0.2, 0.25) is 0 Å². The molecule has 0 bridgehead atoms. The molecule has 1 heterocycles. The Morgan fingerprint density at radius 2 is 2.33 bits per heavy atom. The number of rotatable bonds is 3. The number of nitrogens with zero attached hydrogens (tertiary/aromatic N) is 1. The van der Waals surface area contributed by atoms with Crippen molar-refractivity contribution in [2.24, 2.45) is 0 Å². The van der Waals surface area contributed by atoms with Gasteiger partial charge in [-0.1, -0.05) is 0 Å². The zero-order chi connectivity index (χ0) is 8.97. The minimum Gasteiger partial charge on any atom is -0.481 e. The summed E-state index contributed by atoms with van der Waals surface area (Å²) >= 11 is 0. The van der Waals surface area contributed by atoms with Crippen molar-refractivity contribution in [2.45, 2.75) is 6.10 Å². The van der Waals surface area contributed by atoms with Crippen LogP contribution in [0.1, 0.15) is 11.7 Å². The van der Waals surface area contributed by atoms with Crippen molar-refractivity contribution in [1.82, 2.24) is 4.98 Å². The van der Waals surface area contributed by atoms with Crippen LogP contribution in [-0.2, 0) is 0 Å². The third kappa shape index (κ3) is 1.93. The molecule has 12 heavy (non-hydrogen) atoms. The lowest BCUT2D eigenvalue weighted by Crippen LogP contribution is -2.02. The van der Waals surface area contributed by atoms with E-state index in [1.807, 2.05) is 0 Å². The van der Waals surface area contributed by atoms with Crippen LogP contribution in [0.25, 0.3) is 0 Å². The van der Waals surface area contributed by atoms with Gasteiger partial charge in [0.2, 0.25) is 5.88 Å². The van der Waals surface area contributed by atoms with Crippen molar-refractivity contribution in [3.63, 3.8) is 0 Å². The molecule has 0 saturated carbocycles. The minimum atomic E-state index is -0.858. The van der Waals surface area contributed by atoms with E-state index in [4.69, 9.17) is 14.9 Å². The molecule has 1 aromatic heterocycles. The van der Waals surface area contributed by atoms with Crippen LogP contribution in [0.5, 0.6) is 5.88 Å². The van der Waals surface area contributed by atoms with Crippen LogP contribution in [0.4, 0.5) is 0 Å². The Kier molecular flexibility index (Phi) is 3.01. The molecule has 0 fully saturated rings. The van der Waals surface area contributed by atoms with E-state index in [0.717, 1.165) is 0 Å². The molecule has 4 heteroatoms. The van der Waals surface area contributed by atoms with Crippen LogP contribution in [0, 0.1) is 0 Å². The maximum atomic E-state index is 9.16. The maximum Gasteiger partial charge on any atom is 0.212 e. The number of aliphatic hydroxyl groups is 2. The van der Waals surface area contributed by atoms with E-state index in [-0.39, 0.29) is 6.61 Å². The first kappa shape index (κ1) is 8.96. The molecule has 1 atom stereocenters. The summed E-state index contributed by atoms with van der Waals surface area (Å²) in [7, 11) is 1.52. The Labute approximate surface area is 70.4 Å². The Hall–Kier alpha value is -1.13. The molecule has 0 aliphatic rings. The second kappa shape index (κ2) is 4.04. The summed E-state index contributed by atoms with van der Waals surface area (Å²) in [5, 5.41) is 17.8. The van der Waals surface area contributed by atoms with Gasteiger partial charge in [-0.15, -0.1) is 0 Å². The van der Waals surface area contributed by atoms with Crippen molar-refractivity contribution in [2.75, 3.05) is 13.7 Å². The fourth-order valence-corrected chi connectivity index (χ4v) is 0.815. The quantitative estimate of drug-likeness (QED) is 0.674. The summed E-state index contributed by atoms with van der Waals surface area (Å²) in [6.45, 7) is -0.298. The van der Waals surface area contributed by atoms with Gasteiger partial charge in [-0.05, 0) is 6.07 Å². The van der Waals surface area contributed by atoms with Gasteiger partial charge in [0.15, 0.2) is 0 Å².